The molecule has 5 heteroatoms. The van der Waals surface area contributed by atoms with Gasteiger partial charge in [0, 0.05) is 16.0 Å². The molecule has 0 aliphatic rings. The van der Waals surface area contributed by atoms with Gasteiger partial charge in [-0.3, -0.25) is 0 Å². The summed E-state index contributed by atoms with van der Waals surface area (Å²) < 4.78 is 5.51. The van der Waals surface area contributed by atoms with Crippen molar-refractivity contribution in [1.82, 2.24) is 4.98 Å². The quantitative estimate of drug-likeness (QED) is 0.728. The lowest BCUT2D eigenvalue weighted by molar-refractivity contribution is 0.0699. The summed E-state index contributed by atoms with van der Waals surface area (Å²) in [7, 11) is 0. The van der Waals surface area contributed by atoms with E-state index in [0.717, 1.165) is 16.9 Å². The molecule has 3 rings (SSSR count). The second-order valence-corrected chi connectivity index (χ2v) is 5.88. The summed E-state index contributed by atoms with van der Waals surface area (Å²) in [4.78, 5) is 16.3. The van der Waals surface area contributed by atoms with Gasteiger partial charge in [-0.05, 0) is 49.7 Å². The Labute approximate surface area is 144 Å². The van der Waals surface area contributed by atoms with Crippen LogP contribution in [0.25, 0.3) is 22.2 Å². The lowest BCUT2D eigenvalue weighted by Crippen LogP contribution is -2.01. The second-order valence-electron chi connectivity index (χ2n) is 5.44. The maximum Gasteiger partial charge on any atom is 0.336 e. The molecule has 0 radical (unpaired) electrons. The van der Waals surface area contributed by atoms with Gasteiger partial charge >= 0.3 is 5.97 Å². The van der Waals surface area contributed by atoms with Gasteiger partial charge in [0.25, 0.3) is 0 Å². The topological polar surface area (TPSA) is 59.4 Å². The van der Waals surface area contributed by atoms with Crippen molar-refractivity contribution in [2.24, 2.45) is 0 Å². The molecular weight excluding hydrogens is 326 g/mol. The summed E-state index contributed by atoms with van der Waals surface area (Å²) in [6, 6.07) is 12.5. The Morgan fingerprint density at radius 2 is 2.04 bits per heavy atom. The number of aromatic nitrogens is 1. The van der Waals surface area contributed by atoms with E-state index in [-0.39, 0.29) is 5.56 Å². The van der Waals surface area contributed by atoms with E-state index in [9.17, 15) is 9.90 Å². The van der Waals surface area contributed by atoms with Gasteiger partial charge in [-0.1, -0.05) is 23.7 Å². The van der Waals surface area contributed by atoms with Crippen molar-refractivity contribution >= 4 is 28.5 Å². The fraction of sp³-hybridized carbons (Fsp3) is 0.158. The number of nitrogens with zero attached hydrogens (tertiary/aromatic N) is 1. The van der Waals surface area contributed by atoms with Gasteiger partial charge in [0.15, 0.2) is 0 Å². The Morgan fingerprint density at radius 3 is 2.75 bits per heavy atom. The molecule has 122 valence electrons. The number of carbonyl (C=O) groups is 1. The fourth-order valence-corrected chi connectivity index (χ4v) is 2.97. The SMILES string of the molecule is CCOc1cccc(-c2cc(C(=O)O)c3cc(Cl)cc(C)c3n2)c1. The molecule has 0 fully saturated rings. The van der Waals surface area contributed by atoms with Crippen LogP contribution >= 0.6 is 11.6 Å². The number of carboxylic acids is 1. The number of carboxylic acid groups (broad SMARTS) is 1. The second kappa shape index (κ2) is 6.49. The maximum absolute atomic E-state index is 11.7. The minimum absolute atomic E-state index is 0.183. The van der Waals surface area contributed by atoms with Crippen LogP contribution < -0.4 is 4.74 Å². The lowest BCUT2D eigenvalue weighted by atomic mass is 10.0. The monoisotopic (exact) mass is 341 g/mol. The van der Waals surface area contributed by atoms with Crippen LogP contribution in [-0.4, -0.2) is 22.7 Å². The first kappa shape index (κ1) is 16.3. The Bertz CT molecular complexity index is 937. The first-order chi connectivity index (χ1) is 11.5. The maximum atomic E-state index is 11.7. The van der Waals surface area contributed by atoms with E-state index in [0.29, 0.717) is 28.2 Å². The van der Waals surface area contributed by atoms with Crippen molar-refractivity contribution < 1.29 is 14.6 Å². The predicted molar refractivity (Wildman–Crippen MR) is 95.1 cm³/mol. The summed E-state index contributed by atoms with van der Waals surface area (Å²) in [5, 5.41) is 10.6. The van der Waals surface area contributed by atoms with Gasteiger partial charge in [-0.2, -0.15) is 0 Å². The Hall–Kier alpha value is -2.59. The van der Waals surface area contributed by atoms with Crippen molar-refractivity contribution in [2.75, 3.05) is 6.61 Å². The van der Waals surface area contributed by atoms with Gasteiger partial charge in [0.1, 0.15) is 5.75 Å². The molecule has 0 spiro atoms. The van der Waals surface area contributed by atoms with Crippen LogP contribution in [0.4, 0.5) is 0 Å². The van der Waals surface area contributed by atoms with Crippen molar-refractivity contribution in [3.8, 4) is 17.0 Å². The highest BCUT2D eigenvalue weighted by Gasteiger charge is 2.15. The number of aryl methyl sites for hydroxylation is 1. The highest BCUT2D eigenvalue weighted by atomic mass is 35.5. The first-order valence-electron chi connectivity index (χ1n) is 7.57. The van der Waals surface area contributed by atoms with E-state index in [1.807, 2.05) is 38.1 Å². The molecule has 0 unspecified atom stereocenters. The van der Waals surface area contributed by atoms with Crippen LogP contribution in [-0.2, 0) is 0 Å². The molecule has 1 N–H and O–H groups in total. The van der Waals surface area contributed by atoms with Crippen LogP contribution in [0.3, 0.4) is 0 Å². The standard InChI is InChI=1S/C19H16ClNO3/c1-3-24-14-6-4-5-12(8-14)17-10-16(19(22)23)15-9-13(20)7-11(2)18(15)21-17/h4-10H,3H2,1-2H3,(H,22,23). The van der Waals surface area contributed by atoms with E-state index in [1.165, 1.54) is 0 Å². The summed E-state index contributed by atoms with van der Waals surface area (Å²) >= 11 is 6.08. The number of rotatable bonds is 4. The molecule has 0 bridgehead atoms. The largest absolute Gasteiger partial charge is 0.494 e. The number of pyridine rings is 1. The van der Waals surface area contributed by atoms with Gasteiger partial charge < -0.3 is 9.84 Å². The Kier molecular flexibility index (Phi) is 4.40. The molecule has 0 amide bonds. The highest BCUT2D eigenvalue weighted by molar-refractivity contribution is 6.31. The smallest absolute Gasteiger partial charge is 0.336 e. The normalized spacial score (nSPS) is 10.8. The minimum atomic E-state index is -1.01. The zero-order chi connectivity index (χ0) is 17.3. The molecule has 3 aromatic rings. The lowest BCUT2D eigenvalue weighted by Gasteiger charge is -2.11. The molecule has 24 heavy (non-hydrogen) atoms. The number of hydrogen-bond donors (Lipinski definition) is 1. The summed E-state index contributed by atoms with van der Waals surface area (Å²) in [6.07, 6.45) is 0. The third-order valence-electron chi connectivity index (χ3n) is 3.74. The van der Waals surface area contributed by atoms with Crippen LogP contribution in [0.5, 0.6) is 5.75 Å². The number of halogens is 1. The van der Waals surface area contributed by atoms with Gasteiger partial charge in [0.2, 0.25) is 0 Å². The third kappa shape index (κ3) is 3.05. The third-order valence-corrected chi connectivity index (χ3v) is 3.96. The number of benzene rings is 2. The Balaban J connectivity index is 2.26. The number of aromatic carboxylic acids is 1. The van der Waals surface area contributed by atoms with Crippen LogP contribution in [0.1, 0.15) is 22.8 Å². The molecule has 1 heterocycles. The molecular formula is C19H16ClNO3. The molecule has 0 saturated carbocycles. The molecule has 0 saturated heterocycles. The predicted octanol–water partition coefficient (Wildman–Crippen LogP) is 4.96. The zero-order valence-corrected chi connectivity index (χ0v) is 14.1. The summed E-state index contributed by atoms with van der Waals surface area (Å²) in [5.41, 5.74) is 3.05. The molecule has 0 atom stereocenters. The summed E-state index contributed by atoms with van der Waals surface area (Å²) in [5.74, 6) is -0.284. The van der Waals surface area contributed by atoms with Crippen LogP contribution in [0.15, 0.2) is 42.5 Å². The van der Waals surface area contributed by atoms with Gasteiger partial charge in [0.05, 0.1) is 23.4 Å². The minimum Gasteiger partial charge on any atom is -0.494 e. The van der Waals surface area contributed by atoms with Crippen LogP contribution in [0, 0.1) is 6.92 Å². The highest BCUT2D eigenvalue weighted by Crippen LogP contribution is 2.30. The van der Waals surface area contributed by atoms with E-state index < -0.39 is 5.97 Å². The van der Waals surface area contributed by atoms with Crippen LogP contribution in [0.2, 0.25) is 5.02 Å². The van der Waals surface area contributed by atoms with Gasteiger partial charge in [-0.15, -0.1) is 0 Å². The van der Waals surface area contributed by atoms with E-state index in [1.54, 1.807) is 18.2 Å². The van der Waals surface area contributed by atoms with E-state index in [2.05, 4.69) is 4.98 Å². The van der Waals surface area contributed by atoms with E-state index >= 15 is 0 Å². The molecule has 4 nitrogen and oxygen atoms in total. The van der Waals surface area contributed by atoms with Crippen molar-refractivity contribution in [2.45, 2.75) is 13.8 Å². The summed E-state index contributed by atoms with van der Waals surface area (Å²) in [6.45, 7) is 4.34. The molecule has 2 aromatic carbocycles. The number of hydrogen-bond acceptors (Lipinski definition) is 3. The first-order valence-corrected chi connectivity index (χ1v) is 7.95. The van der Waals surface area contributed by atoms with Crippen molar-refractivity contribution in [3.05, 3.63) is 58.6 Å². The van der Waals surface area contributed by atoms with E-state index in [4.69, 9.17) is 16.3 Å². The average molecular weight is 342 g/mol. The zero-order valence-electron chi connectivity index (χ0n) is 13.3. The number of fused-ring (bicyclic) bond motifs is 1. The molecule has 1 aromatic heterocycles. The fourth-order valence-electron chi connectivity index (χ4n) is 2.69. The average Bonchev–Trinajstić information content (AvgIpc) is 2.54. The number of ether oxygens (including phenoxy) is 1. The molecule has 0 aliphatic heterocycles. The Morgan fingerprint density at radius 1 is 1.25 bits per heavy atom. The van der Waals surface area contributed by atoms with Crippen molar-refractivity contribution in [3.63, 3.8) is 0 Å². The van der Waals surface area contributed by atoms with Crippen molar-refractivity contribution in [1.29, 1.82) is 0 Å². The molecule has 0 aliphatic carbocycles. The van der Waals surface area contributed by atoms with Gasteiger partial charge in [-0.25, -0.2) is 9.78 Å².